The molecule has 0 N–H and O–H groups in total. The van der Waals surface area contributed by atoms with Gasteiger partial charge in [0.1, 0.15) is 6.61 Å². The molecule has 2 rings (SSSR count). The van der Waals surface area contributed by atoms with Crippen molar-refractivity contribution >= 4 is 17.8 Å². The summed E-state index contributed by atoms with van der Waals surface area (Å²) >= 11 is 0. The van der Waals surface area contributed by atoms with E-state index in [0.717, 1.165) is 0 Å². The molecule has 0 fully saturated rings. The van der Waals surface area contributed by atoms with Gasteiger partial charge in [0, 0.05) is 0 Å². The summed E-state index contributed by atoms with van der Waals surface area (Å²) in [4.78, 5) is 39.8. The number of carbonyl (C=O) groups is 3. The van der Waals surface area contributed by atoms with Crippen LogP contribution in [0.2, 0.25) is 0 Å². The Labute approximate surface area is 118 Å². The second-order valence-corrected chi connectivity index (χ2v) is 4.13. The zero-order valence-electron chi connectivity index (χ0n) is 10.8. The minimum atomic E-state index is -2.63. The number of carbonyl (C=O) groups excluding carboxylic acids is 3. The number of hydrogen-bond donors (Lipinski definition) is 0. The number of ether oxygens (including phenoxy) is 1. The zero-order chi connectivity index (χ0) is 15.4. The third kappa shape index (κ3) is 3.40. The van der Waals surface area contributed by atoms with Crippen molar-refractivity contribution in [1.82, 2.24) is 5.06 Å². The van der Waals surface area contributed by atoms with E-state index in [-0.39, 0.29) is 24.2 Å². The van der Waals surface area contributed by atoms with E-state index < -0.39 is 30.8 Å². The smallest absolute Gasteiger partial charge is 0.335 e. The molecular formula is C13H11F2NO5. The number of rotatable bonds is 6. The van der Waals surface area contributed by atoms with Crippen LogP contribution in [0.3, 0.4) is 0 Å². The van der Waals surface area contributed by atoms with E-state index in [2.05, 4.69) is 9.57 Å². The van der Waals surface area contributed by atoms with Gasteiger partial charge in [0.2, 0.25) is 0 Å². The Hall–Kier alpha value is -2.35. The van der Waals surface area contributed by atoms with E-state index in [4.69, 9.17) is 0 Å². The number of imide groups is 1. The highest BCUT2D eigenvalue weighted by molar-refractivity contribution is 6.20. The van der Waals surface area contributed by atoms with Gasteiger partial charge in [0.25, 0.3) is 18.2 Å². The van der Waals surface area contributed by atoms with Gasteiger partial charge in [-0.2, -0.15) is 0 Å². The molecule has 0 bridgehead atoms. The van der Waals surface area contributed by atoms with E-state index in [9.17, 15) is 23.2 Å². The SMILES string of the molecule is O=C(CCOCC(F)F)ON1C(=O)c2ccccc2C1=O. The molecule has 0 radical (unpaired) electrons. The van der Waals surface area contributed by atoms with Gasteiger partial charge in [-0.15, -0.1) is 0 Å². The van der Waals surface area contributed by atoms with Crippen molar-refractivity contribution in [3.05, 3.63) is 35.4 Å². The van der Waals surface area contributed by atoms with Crippen LogP contribution in [0.15, 0.2) is 24.3 Å². The van der Waals surface area contributed by atoms with Gasteiger partial charge >= 0.3 is 5.97 Å². The number of hydrogen-bond acceptors (Lipinski definition) is 5. The first kappa shape index (κ1) is 15.0. The van der Waals surface area contributed by atoms with E-state index in [0.29, 0.717) is 5.06 Å². The highest BCUT2D eigenvalue weighted by Crippen LogP contribution is 2.22. The average molecular weight is 299 g/mol. The molecule has 8 heteroatoms. The molecule has 0 saturated carbocycles. The molecule has 1 aliphatic heterocycles. The summed E-state index contributed by atoms with van der Waals surface area (Å²) in [5, 5.41) is 0.361. The molecule has 6 nitrogen and oxygen atoms in total. The molecule has 1 aromatic carbocycles. The lowest BCUT2D eigenvalue weighted by atomic mass is 10.1. The van der Waals surface area contributed by atoms with Gasteiger partial charge < -0.3 is 9.57 Å². The second-order valence-electron chi connectivity index (χ2n) is 4.13. The Kier molecular flexibility index (Phi) is 4.59. The van der Waals surface area contributed by atoms with Crippen LogP contribution in [0, 0.1) is 0 Å². The van der Waals surface area contributed by atoms with Gasteiger partial charge in [0.05, 0.1) is 24.2 Å². The summed E-state index contributed by atoms with van der Waals surface area (Å²) in [6.07, 6.45) is -2.97. The van der Waals surface area contributed by atoms with Crippen LogP contribution in [0.4, 0.5) is 8.78 Å². The minimum absolute atomic E-state index is 0.143. The summed E-state index contributed by atoms with van der Waals surface area (Å²) in [7, 11) is 0. The summed E-state index contributed by atoms with van der Waals surface area (Å²) < 4.78 is 28.1. The maximum atomic E-state index is 11.9. The lowest BCUT2D eigenvalue weighted by Crippen LogP contribution is -2.33. The molecule has 1 aromatic rings. The average Bonchev–Trinajstić information content (AvgIpc) is 2.69. The minimum Gasteiger partial charge on any atom is -0.375 e. The Balaban J connectivity index is 1.88. The fraction of sp³-hybridized carbons (Fsp3) is 0.308. The molecule has 1 heterocycles. The first-order valence-corrected chi connectivity index (χ1v) is 6.05. The molecule has 21 heavy (non-hydrogen) atoms. The molecule has 0 atom stereocenters. The normalized spacial score (nSPS) is 13.8. The fourth-order valence-electron chi connectivity index (χ4n) is 1.73. The van der Waals surface area contributed by atoms with Crippen LogP contribution in [0.25, 0.3) is 0 Å². The molecule has 112 valence electrons. The number of halogens is 2. The summed E-state index contributed by atoms with van der Waals surface area (Å²) in [5.41, 5.74) is 0.286. The first-order chi connectivity index (χ1) is 10.0. The number of fused-ring (bicyclic) bond motifs is 1. The van der Waals surface area contributed by atoms with Crippen LogP contribution in [0.5, 0.6) is 0 Å². The molecule has 0 unspecified atom stereocenters. The fourth-order valence-corrected chi connectivity index (χ4v) is 1.73. The molecule has 0 aliphatic carbocycles. The van der Waals surface area contributed by atoms with Crippen LogP contribution in [-0.2, 0) is 14.4 Å². The van der Waals surface area contributed by atoms with Crippen molar-refractivity contribution in [2.75, 3.05) is 13.2 Å². The van der Waals surface area contributed by atoms with E-state index in [1.807, 2.05) is 0 Å². The van der Waals surface area contributed by atoms with Crippen molar-refractivity contribution < 1.29 is 32.7 Å². The van der Waals surface area contributed by atoms with Crippen LogP contribution >= 0.6 is 0 Å². The number of nitrogens with zero attached hydrogens (tertiary/aromatic N) is 1. The van der Waals surface area contributed by atoms with E-state index >= 15 is 0 Å². The van der Waals surface area contributed by atoms with Crippen molar-refractivity contribution in [3.8, 4) is 0 Å². The quantitative estimate of drug-likeness (QED) is 0.586. The zero-order valence-corrected chi connectivity index (χ0v) is 10.8. The third-order valence-corrected chi connectivity index (χ3v) is 2.64. The van der Waals surface area contributed by atoms with Crippen molar-refractivity contribution in [3.63, 3.8) is 0 Å². The van der Waals surface area contributed by atoms with Crippen LogP contribution < -0.4 is 0 Å². The molecule has 0 spiro atoms. The summed E-state index contributed by atoms with van der Waals surface area (Å²) in [5.74, 6) is -2.39. The molecule has 1 aliphatic rings. The monoisotopic (exact) mass is 299 g/mol. The maximum absolute atomic E-state index is 11.9. The predicted molar refractivity (Wildman–Crippen MR) is 64.5 cm³/mol. The Morgan fingerprint density at radius 3 is 2.24 bits per heavy atom. The van der Waals surface area contributed by atoms with Gasteiger partial charge in [-0.05, 0) is 12.1 Å². The molecule has 0 aromatic heterocycles. The molecule has 0 saturated heterocycles. The van der Waals surface area contributed by atoms with Crippen LogP contribution in [0.1, 0.15) is 27.1 Å². The highest BCUT2D eigenvalue weighted by atomic mass is 19.3. The van der Waals surface area contributed by atoms with E-state index in [1.165, 1.54) is 12.1 Å². The van der Waals surface area contributed by atoms with Crippen LogP contribution in [-0.4, -0.2) is 42.5 Å². The Bertz CT molecular complexity index is 540. The summed E-state index contributed by atoms with van der Waals surface area (Å²) in [6, 6.07) is 6.03. The van der Waals surface area contributed by atoms with E-state index in [1.54, 1.807) is 12.1 Å². The Morgan fingerprint density at radius 1 is 1.14 bits per heavy atom. The van der Waals surface area contributed by atoms with Crippen molar-refractivity contribution in [2.24, 2.45) is 0 Å². The number of amides is 2. The standard InChI is InChI=1S/C13H11F2NO5/c14-10(15)7-20-6-5-11(17)21-16-12(18)8-3-1-2-4-9(8)13(16)19/h1-4,10H,5-7H2. The van der Waals surface area contributed by atoms with Gasteiger partial charge in [-0.25, -0.2) is 13.6 Å². The second kappa shape index (κ2) is 6.40. The van der Waals surface area contributed by atoms with Gasteiger partial charge in [0.15, 0.2) is 0 Å². The predicted octanol–water partition coefficient (Wildman–Crippen LogP) is 1.41. The highest BCUT2D eigenvalue weighted by Gasteiger charge is 2.38. The summed E-state index contributed by atoms with van der Waals surface area (Å²) in [6.45, 7) is -1.08. The van der Waals surface area contributed by atoms with Gasteiger partial charge in [-0.3, -0.25) is 9.59 Å². The largest absolute Gasteiger partial charge is 0.375 e. The number of hydroxylamine groups is 2. The number of benzene rings is 1. The molecular weight excluding hydrogens is 288 g/mol. The Morgan fingerprint density at radius 2 is 1.71 bits per heavy atom. The molecule has 2 amide bonds. The first-order valence-electron chi connectivity index (χ1n) is 6.05. The topological polar surface area (TPSA) is 72.9 Å². The third-order valence-electron chi connectivity index (χ3n) is 2.64. The van der Waals surface area contributed by atoms with Gasteiger partial charge in [-0.1, -0.05) is 17.2 Å². The lowest BCUT2D eigenvalue weighted by Gasteiger charge is -2.12. The maximum Gasteiger partial charge on any atom is 0.335 e. The lowest BCUT2D eigenvalue weighted by molar-refractivity contribution is -0.170. The van der Waals surface area contributed by atoms with Crippen molar-refractivity contribution in [2.45, 2.75) is 12.8 Å². The van der Waals surface area contributed by atoms with Crippen molar-refractivity contribution in [1.29, 1.82) is 0 Å². The number of alkyl halides is 2.